The van der Waals surface area contributed by atoms with Gasteiger partial charge in [0, 0.05) is 18.8 Å². The van der Waals surface area contributed by atoms with Crippen molar-refractivity contribution in [2.75, 3.05) is 0 Å². The van der Waals surface area contributed by atoms with Gasteiger partial charge < -0.3 is 15.9 Å². The zero-order valence-electron chi connectivity index (χ0n) is 8.61. The first-order valence-electron chi connectivity index (χ1n) is 4.59. The molecule has 16 heavy (non-hydrogen) atoms. The maximum absolute atomic E-state index is 9.99. The van der Waals surface area contributed by atoms with Crippen molar-refractivity contribution >= 4 is 11.9 Å². The third-order valence-corrected chi connectivity index (χ3v) is 1.55. The van der Waals surface area contributed by atoms with Crippen LogP contribution in [0.3, 0.4) is 0 Å². The van der Waals surface area contributed by atoms with Gasteiger partial charge in [0.25, 0.3) is 0 Å². The highest BCUT2D eigenvalue weighted by atomic mass is 16.4. The van der Waals surface area contributed by atoms with E-state index in [1.807, 2.05) is 18.2 Å². The van der Waals surface area contributed by atoms with Crippen LogP contribution in [0.1, 0.15) is 12.8 Å². The predicted octanol–water partition coefficient (Wildman–Crippen LogP) is 0.345. The predicted molar refractivity (Wildman–Crippen MR) is 56.7 cm³/mol. The van der Waals surface area contributed by atoms with Crippen molar-refractivity contribution in [3.63, 3.8) is 0 Å². The minimum absolute atomic E-state index is 0.0231. The van der Waals surface area contributed by atoms with Crippen molar-refractivity contribution < 1.29 is 19.8 Å². The van der Waals surface area contributed by atoms with E-state index in [0.29, 0.717) is 0 Å². The van der Waals surface area contributed by atoms with Crippen LogP contribution in [0.4, 0.5) is 0 Å². The lowest BCUT2D eigenvalue weighted by Crippen LogP contribution is -2.30. The molecule has 0 radical (unpaired) electrons. The summed E-state index contributed by atoms with van der Waals surface area (Å²) >= 11 is 0. The maximum Gasteiger partial charge on any atom is 0.320 e. The van der Waals surface area contributed by atoms with Gasteiger partial charge >= 0.3 is 11.9 Å². The molecule has 1 rings (SSSR count). The van der Waals surface area contributed by atoms with E-state index in [2.05, 4.69) is 4.98 Å². The van der Waals surface area contributed by atoms with E-state index in [1.54, 1.807) is 12.4 Å². The Balaban J connectivity index is 0.000000315. The van der Waals surface area contributed by atoms with Gasteiger partial charge in [-0.2, -0.15) is 0 Å². The summed E-state index contributed by atoms with van der Waals surface area (Å²) in [5.41, 5.74) is 5.00. The molecule has 4 N–H and O–H groups in total. The number of aliphatic carboxylic acids is 2. The van der Waals surface area contributed by atoms with E-state index >= 15 is 0 Å². The van der Waals surface area contributed by atoms with E-state index in [-0.39, 0.29) is 12.8 Å². The fourth-order valence-corrected chi connectivity index (χ4v) is 0.715. The second kappa shape index (κ2) is 8.37. The van der Waals surface area contributed by atoms with Crippen molar-refractivity contribution in [2.45, 2.75) is 18.9 Å². The first-order valence-corrected chi connectivity index (χ1v) is 4.59. The van der Waals surface area contributed by atoms with Crippen molar-refractivity contribution in [3.05, 3.63) is 30.6 Å². The Morgan fingerprint density at radius 2 is 1.75 bits per heavy atom. The van der Waals surface area contributed by atoms with Gasteiger partial charge in [0.2, 0.25) is 0 Å². The van der Waals surface area contributed by atoms with E-state index < -0.39 is 18.0 Å². The topological polar surface area (TPSA) is 114 Å². The summed E-state index contributed by atoms with van der Waals surface area (Å²) in [7, 11) is 0. The highest BCUT2D eigenvalue weighted by Crippen LogP contribution is 1.93. The molecule has 1 aromatic rings. The Labute approximate surface area is 92.7 Å². The summed E-state index contributed by atoms with van der Waals surface area (Å²) in [6.07, 6.45) is 3.28. The normalized spacial score (nSPS) is 10.8. The van der Waals surface area contributed by atoms with Crippen LogP contribution >= 0.6 is 0 Å². The molecule has 1 heterocycles. The molecule has 0 aliphatic heterocycles. The molecule has 0 aliphatic carbocycles. The molecule has 0 saturated carbocycles. The van der Waals surface area contributed by atoms with Crippen LogP contribution in [0, 0.1) is 0 Å². The smallest absolute Gasteiger partial charge is 0.320 e. The van der Waals surface area contributed by atoms with Gasteiger partial charge in [-0.05, 0) is 18.6 Å². The zero-order chi connectivity index (χ0) is 12.4. The summed E-state index contributed by atoms with van der Waals surface area (Å²) in [6.45, 7) is 0. The van der Waals surface area contributed by atoms with Crippen LogP contribution in [0.2, 0.25) is 0 Å². The molecule has 0 fully saturated rings. The summed E-state index contributed by atoms with van der Waals surface area (Å²) in [5.74, 6) is -2.20. The molecule has 1 aromatic heterocycles. The van der Waals surface area contributed by atoms with Gasteiger partial charge in [-0.3, -0.25) is 14.6 Å². The number of nitrogens with two attached hydrogens (primary N) is 1. The Bertz CT molecular complexity index is 289. The number of carboxylic acids is 2. The van der Waals surface area contributed by atoms with Gasteiger partial charge in [-0.15, -0.1) is 0 Å². The average Bonchev–Trinajstić information content (AvgIpc) is 2.28. The molecule has 6 heteroatoms. The van der Waals surface area contributed by atoms with Crippen molar-refractivity contribution in [1.29, 1.82) is 0 Å². The first kappa shape index (κ1) is 14.1. The molecule has 6 nitrogen and oxygen atoms in total. The summed E-state index contributed by atoms with van der Waals surface area (Å²) in [4.78, 5) is 23.7. The van der Waals surface area contributed by atoms with Gasteiger partial charge in [0.05, 0.1) is 0 Å². The number of hydrogen-bond donors (Lipinski definition) is 3. The highest BCUT2D eigenvalue weighted by molar-refractivity contribution is 5.74. The standard InChI is InChI=1S/C5H9NO4.C5H5N/c6-3(5(9)10)1-2-4(7)8;1-2-4-6-5-3-1/h3H,1-2,6H2,(H,7,8)(H,9,10);1-5H/t3-;/m0./s1. The van der Waals surface area contributed by atoms with Crippen molar-refractivity contribution in [3.8, 4) is 0 Å². The second-order valence-corrected chi connectivity index (χ2v) is 2.90. The minimum Gasteiger partial charge on any atom is -0.481 e. The molecule has 0 bridgehead atoms. The number of hydrogen-bond acceptors (Lipinski definition) is 4. The van der Waals surface area contributed by atoms with Crippen LogP contribution in [0.15, 0.2) is 30.6 Å². The number of pyridine rings is 1. The van der Waals surface area contributed by atoms with E-state index in [0.717, 1.165) is 0 Å². The quantitative estimate of drug-likeness (QED) is 0.682. The largest absolute Gasteiger partial charge is 0.481 e. The lowest BCUT2D eigenvalue weighted by Gasteiger charge is -2.01. The molecule has 0 saturated heterocycles. The Morgan fingerprint density at radius 3 is 2.00 bits per heavy atom. The highest BCUT2D eigenvalue weighted by Gasteiger charge is 2.12. The van der Waals surface area contributed by atoms with Crippen LogP contribution in [0.25, 0.3) is 0 Å². The third kappa shape index (κ3) is 8.64. The van der Waals surface area contributed by atoms with Crippen LogP contribution in [-0.2, 0) is 9.59 Å². The van der Waals surface area contributed by atoms with Gasteiger partial charge in [0.1, 0.15) is 6.04 Å². The van der Waals surface area contributed by atoms with Gasteiger partial charge in [0.15, 0.2) is 0 Å². The number of aromatic nitrogens is 1. The van der Waals surface area contributed by atoms with E-state index in [1.165, 1.54) is 0 Å². The Kier molecular flexibility index (Phi) is 7.35. The molecule has 88 valence electrons. The van der Waals surface area contributed by atoms with Crippen LogP contribution < -0.4 is 5.73 Å². The maximum atomic E-state index is 9.99. The lowest BCUT2D eigenvalue weighted by atomic mass is 10.2. The molecular weight excluding hydrogens is 212 g/mol. The molecule has 0 amide bonds. The fourth-order valence-electron chi connectivity index (χ4n) is 0.715. The average molecular weight is 226 g/mol. The number of carboxylic acid groups (broad SMARTS) is 2. The van der Waals surface area contributed by atoms with E-state index in [9.17, 15) is 9.59 Å². The van der Waals surface area contributed by atoms with Crippen molar-refractivity contribution in [2.24, 2.45) is 5.73 Å². The van der Waals surface area contributed by atoms with Gasteiger partial charge in [-0.25, -0.2) is 0 Å². The summed E-state index contributed by atoms with van der Waals surface area (Å²) in [5, 5.41) is 16.3. The molecule has 0 unspecified atom stereocenters. The summed E-state index contributed by atoms with van der Waals surface area (Å²) < 4.78 is 0. The SMILES string of the molecule is N[C@@H](CCC(=O)O)C(=O)O.c1ccncc1. The fraction of sp³-hybridized carbons (Fsp3) is 0.300. The second-order valence-electron chi connectivity index (χ2n) is 2.90. The van der Waals surface area contributed by atoms with E-state index in [4.69, 9.17) is 15.9 Å². The molecule has 0 aliphatic rings. The lowest BCUT2D eigenvalue weighted by molar-refractivity contribution is -0.139. The zero-order valence-corrected chi connectivity index (χ0v) is 8.61. The van der Waals surface area contributed by atoms with Crippen LogP contribution in [0.5, 0.6) is 0 Å². The monoisotopic (exact) mass is 226 g/mol. The Hall–Kier alpha value is -1.95. The Morgan fingerprint density at radius 1 is 1.19 bits per heavy atom. The first-order chi connectivity index (χ1) is 7.54. The molecular formula is C10H14N2O4. The number of nitrogens with zero attached hydrogens (tertiary/aromatic N) is 1. The van der Waals surface area contributed by atoms with Crippen molar-refractivity contribution in [1.82, 2.24) is 4.98 Å². The molecule has 1 atom stereocenters. The van der Waals surface area contributed by atoms with Crippen LogP contribution in [-0.4, -0.2) is 33.2 Å². The number of rotatable bonds is 4. The number of carbonyl (C=O) groups is 2. The summed E-state index contributed by atoms with van der Waals surface area (Å²) in [6, 6.07) is 4.66. The molecule has 0 aromatic carbocycles. The van der Waals surface area contributed by atoms with Gasteiger partial charge in [-0.1, -0.05) is 6.07 Å². The minimum atomic E-state index is -1.17. The molecule has 0 spiro atoms. The third-order valence-electron chi connectivity index (χ3n) is 1.55.